The van der Waals surface area contributed by atoms with Crippen LogP contribution in [0, 0.1) is 11.3 Å². The molecule has 20 heavy (non-hydrogen) atoms. The summed E-state index contributed by atoms with van der Waals surface area (Å²) in [5.41, 5.74) is 0. The first-order valence-electron chi connectivity index (χ1n) is 7.49. The van der Waals surface area contributed by atoms with E-state index in [1.54, 1.807) is 0 Å². The predicted molar refractivity (Wildman–Crippen MR) is 81.6 cm³/mol. The molecule has 2 rings (SSSR count). The molecule has 0 aromatic heterocycles. The molecule has 0 unspecified atom stereocenters. The van der Waals surface area contributed by atoms with Crippen molar-refractivity contribution < 1.29 is 4.79 Å². The Morgan fingerprint density at radius 1 is 1.25 bits per heavy atom. The molecule has 2 heterocycles. The van der Waals surface area contributed by atoms with Gasteiger partial charge in [0.1, 0.15) is 0 Å². The molecule has 2 aliphatic heterocycles. The van der Waals surface area contributed by atoms with Crippen molar-refractivity contribution in [2.24, 2.45) is 0 Å². The maximum Gasteiger partial charge on any atom is 0.232 e. The van der Waals surface area contributed by atoms with E-state index in [0.717, 1.165) is 45.8 Å². The van der Waals surface area contributed by atoms with E-state index in [2.05, 4.69) is 16.3 Å². The highest BCUT2D eigenvalue weighted by Gasteiger charge is 2.22. The van der Waals surface area contributed by atoms with Gasteiger partial charge in [0.05, 0.1) is 11.8 Å². The molecular formula is C14H24N4OS. The molecule has 0 aromatic rings. The Morgan fingerprint density at radius 2 is 1.95 bits per heavy atom. The van der Waals surface area contributed by atoms with Gasteiger partial charge in [0.15, 0.2) is 0 Å². The third-order valence-electron chi connectivity index (χ3n) is 3.99. The fourth-order valence-electron chi connectivity index (χ4n) is 2.67. The van der Waals surface area contributed by atoms with Crippen LogP contribution in [0.15, 0.2) is 0 Å². The summed E-state index contributed by atoms with van der Waals surface area (Å²) in [4.78, 5) is 16.4. The molecule has 1 N–H and O–H groups in total. The molecule has 6 heteroatoms. The second-order valence-corrected chi connectivity index (χ2v) is 6.68. The lowest BCUT2D eigenvalue weighted by Gasteiger charge is -2.34. The fraction of sp³-hybridized carbons (Fsp3) is 0.857. The Morgan fingerprint density at radius 3 is 2.60 bits per heavy atom. The third-order valence-corrected chi connectivity index (χ3v) is 5.35. The Bertz CT molecular complexity index is 344. The van der Waals surface area contributed by atoms with Crippen LogP contribution in [0.4, 0.5) is 0 Å². The van der Waals surface area contributed by atoms with E-state index in [9.17, 15) is 4.79 Å². The molecular weight excluding hydrogens is 272 g/mol. The van der Waals surface area contributed by atoms with Gasteiger partial charge in [0.2, 0.25) is 5.91 Å². The average molecular weight is 296 g/mol. The van der Waals surface area contributed by atoms with Crippen LogP contribution >= 0.6 is 11.8 Å². The fourth-order valence-corrected chi connectivity index (χ4v) is 3.80. The summed E-state index contributed by atoms with van der Waals surface area (Å²) >= 11 is 1.83. The SMILES string of the molecule is N#CCCN1CCN(C(=O)CSC2CCNCC2)CC1. The van der Waals surface area contributed by atoms with Crippen LogP contribution in [-0.4, -0.2) is 72.5 Å². The highest BCUT2D eigenvalue weighted by molar-refractivity contribution is 8.00. The lowest BCUT2D eigenvalue weighted by atomic mass is 10.2. The van der Waals surface area contributed by atoms with E-state index in [-0.39, 0.29) is 5.91 Å². The number of carbonyl (C=O) groups is 1. The van der Waals surface area contributed by atoms with E-state index in [0.29, 0.717) is 17.4 Å². The van der Waals surface area contributed by atoms with Gasteiger partial charge in [-0.25, -0.2) is 0 Å². The summed E-state index contributed by atoms with van der Waals surface area (Å²) in [7, 11) is 0. The number of rotatable bonds is 5. The maximum absolute atomic E-state index is 12.2. The summed E-state index contributed by atoms with van der Waals surface area (Å²) in [5.74, 6) is 0.913. The molecule has 0 atom stereocenters. The van der Waals surface area contributed by atoms with Crippen LogP contribution in [0.5, 0.6) is 0 Å². The Kier molecular flexibility index (Phi) is 6.64. The van der Waals surface area contributed by atoms with Gasteiger partial charge in [-0.3, -0.25) is 9.69 Å². The van der Waals surface area contributed by atoms with Crippen LogP contribution in [0.1, 0.15) is 19.3 Å². The zero-order chi connectivity index (χ0) is 14.2. The van der Waals surface area contributed by atoms with Crippen molar-refractivity contribution >= 4 is 17.7 Å². The number of nitriles is 1. The standard InChI is InChI=1S/C14H24N4OS/c15-4-1-7-17-8-10-18(11-9-17)14(19)12-20-13-2-5-16-6-3-13/h13,16H,1-3,5-12H2. The van der Waals surface area contributed by atoms with Crippen molar-refractivity contribution in [2.75, 3.05) is 51.6 Å². The van der Waals surface area contributed by atoms with Gasteiger partial charge in [0.25, 0.3) is 0 Å². The van der Waals surface area contributed by atoms with E-state index in [4.69, 9.17) is 5.26 Å². The third kappa shape index (κ3) is 4.97. The first-order chi connectivity index (χ1) is 9.79. The van der Waals surface area contributed by atoms with Gasteiger partial charge < -0.3 is 10.2 Å². The second-order valence-electron chi connectivity index (χ2n) is 5.39. The molecule has 0 saturated carbocycles. The number of thioether (sulfide) groups is 1. The summed E-state index contributed by atoms with van der Waals surface area (Å²) in [5, 5.41) is 12.6. The molecule has 2 fully saturated rings. The first kappa shape index (κ1) is 15.6. The number of nitrogens with one attached hydrogen (secondary N) is 1. The van der Waals surface area contributed by atoms with Crippen LogP contribution in [-0.2, 0) is 4.79 Å². The minimum atomic E-state index is 0.286. The summed E-state index contributed by atoms with van der Waals surface area (Å²) in [6.45, 7) is 6.46. The van der Waals surface area contributed by atoms with Gasteiger partial charge in [-0.1, -0.05) is 0 Å². The van der Waals surface area contributed by atoms with Crippen molar-refractivity contribution in [3.8, 4) is 6.07 Å². The first-order valence-corrected chi connectivity index (χ1v) is 8.54. The number of piperidine rings is 1. The molecule has 1 amide bonds. The minimum Gasteiger partial charge on any atom is -0.339 e. The number of hydrogen-bond donors (Lipinski definition) is 1. The minimum absolute atomic E-state index is 0.286. The second kappa shape index (κ2) is 8.50. The van der Waals surface area contributed by atoms with Gasteiger partial charge in [-0.2, -0.15) is 5.26 Å². The zero-order valence-corrected chi connectivity index (χ0v) is 12.8. The van der Waals surface area contributed by atoms with Gasteiger partial charge >= 0.3 is 0 Å². The molecule has 112 valence electrons. The summed E-state index contributed by atoms with van der Waals surface area (Å²) in [6.07, 6.45) is 2.94. The smallest absolute Gasteiger partial charge is 0.232 e. The van der Waals surface area contributed by atoms with E-state index < -0.39 is 0 Å². The maximum atomic E-state index is 12.2. The summed E-state index contributed by atoms with van der Waals surface area (Å²) < 4.78 is 0. The molecule has 0 radical (unpaired) electrons. The van der Waals surface area contributed by atoms with E-state index in [1.807, 2.05) is 16.7 Å². The number of nitrogens with zero attached hydrogens (tertiary/aromatic N) is 3. The normalized spacial score (nSPS) is 21.6. The number of hydrogen-bond acceptors (Lipinski definition) is 5. The lowest BCUT2D eigenvalue weighted by molar-refractivity contribution is -0.130. The molecule has 2 saturated heterocycles. The van der Waals surface area contributed by atoms with Crippen LogP contribution in [0.2, 0.25) is 0 Å². The van der Waals surface area contributed by atoms with Crippen molar-refractivity contribution in [1.29, 1.82) is 5.26 Å². The zero-order valence-electron chi connectivity index (χ0n) is 12.0. The highest BCUT2D eigenvalue weighted by Crippen LogP contribution is 2.20. The van der Waals surface area contributed by atoms with Crippen LogP contribution in [0.3, 0.4) is 0 Å². The van der Waals surface area contributed by atoms with Crippen LogP contribution < -0.4 is 5.32 Å². The largest absolute Gasteiger partial charge is 0.339 e. The van der Waals surface area contributed by atoms with Crippen molar-refractivity contribution in [3.63, 3.8) is 0 Å². The molecule has 0 spiro atoms. The van der Waals surface area contributed by atoms with E-state index in [1.165, 1.54) is 12.8 Å². The van der Waals surface area contributed by atoms with Crippen molar-refractivity contribution in [3.05, 3.63) is 0 Å². The number of piperazine rings is 1. The Hall–Kier alpha value is -0.770. The topological polar surface area (TPSA) is 59.4 Å². The van der Waals surface area contributed by atoms with Gasteiger partial charge in [-0.15, -0.1) is 11.8 Å². The van der Waals surface area contributed by atoms with Gasteiger partial charge in [0, 0.05) is 44.4 Å². The molecule has 0 aromatic carbocycles. The molecule has 0 aliphatic carbocycles. The van der Waals surface area contributed by atoms with Crippen LogP contribution in [0.25, 0.3) is 0 Å². The molecule has 2 aliphatic rings. The average Bonchev–Trinajstić information content (AvgIpc) is 2.52. The van der Waals surface area contributed by atoms with E-state index >= 15 is 0 Å². The highest BCUT2D eigenvalue weighted by atomic mass is 32.2. The van der Waals surface area contributed by atoms with Gasteiger partial charge in [-0.05, 0) is 25.9 Å². The lowest BCUT2D eigenvalue weighted by Crippen LogP contribution is -2.49. The number of carbonyl (C=O) groups excluding carboxylic acids is 1. The quantitative estimate of drug-likeness (QED) is 0.802. The predicted octanol–water partition coefficient (Wildman–Crippen LogP) is 0.529. The molecule has 0 bridgehead atoms. The van der Waals surface area contributed by atoms with Crippen molar-refractivity contribution in [2.45, 2.75) is 24.5 Å². The Balaban J connectivity index is 1.63. The summed E-state index contributed by atoms with van der Waals surface area (Å²) in [6, 6.07) is 2.17. The monoisotopic (exact) mass is 296 g/mol. The number of amides is 1. The molecule has 5 nitrogen and oxygen atoms in total. The van der Waals surface area contributed by atoms with Crippen molar-refractivity contribution in [1.82, 2.24) is 15.1 Å². The Labute approximate surface area is 125 Å².